The molecule has 4 N–H and O–H groups in total. The topological polar surface area (TPSA) is 116 Å². The second kappa shape index (κ2) is 16.0. The van der Waals surface area contributed by atoms with E-state index in [0.717, 1.165) is 16.7 Å². The highest BCUT2D eigenvalue weighted by atomic mass is 16.2. The lowest BCUT2D eigenvalue weighted by molar-refractivity contribution is -0.131. The molecular formula is C37H48N4O4. The van der Waals surface area contributed by atoms with Crippen molar-refractivity contribution in [3.05, 3.63) is 107 Å². The van der Waals surface area contributed by atoms with E-state index in [1.54, 1.807) is 12.1 Å². The minimum atomic E-state index is -1.19. The number of aryl methyl sites for hydroxylation is 1. The van der Waals surface area contributed by atoms with Crippen molar-refractivity contribution in [2.75, 3.05) is 6.54 Å². The maximum atomic E-state index is 13.7. The van der Waals surface area contributed by atoms with E-state index in [-0.39, 0.29) is 29.1 Å². The minimum absolute atomic E-state index is 0.0849. The zero-order valence-electron chi connectivity index (χ0n) is 27.4. The molecule has 2 atom stereocenters. The molecule has 0 aliphatic heterocycles. The van der Waals surface area contributed by atoms with Gasteiger partial charge in [0.2, 0.25) is 17.7 Å². The molecule has 0 unspecified atom stereocenters. The largest absolute Gasteiger partial charge is 0.355 e. The van der Waals surface area contributed by atoms with Crippen LogP contribution in [0, 0.1) is 5.41 Å². The van der Waals surface area contributed by atoms with E-state index in [1.165, 1.54) is 0 Å². The zero-order valence-corrected chi connectivity index (χ0v) is 27.4. The summed E-state index contributed by atoms with van der Waals surface area (Å²) >= 11 is 0. The predicted molar refractivity (Wildman–Crippen MR) is 178 cm³/mol. The number of rotatable bonds is 13. The van der Waals surface area contributed by atoms with Crippen LogP contribution >= 0.6 is 0 Å². The minimum Gasteiger partial charge on any atom is -0.355 e. The van der Waals surface area contributed by atoms with Crippen LogP contribution in [-0.2, 0) is 32.8 Å². The summed E-state index contributed by atoms with van der Waals surface area (Å²) in [5, 5.41) is 11.4. The first kappa shape index (κ1) is 35.0. The Hall–Kier alpha value is -4.46. The van der Waals surface area contributed by atoms with Gasteiger partial charge in [-0.3, -0.25) is 19.2 Å². The molecule has 3 aromatic rings. The molecule has 0 bridgehead atoms. The molecule has 8 nitrogen and oxygen atoms in total. The average Bonchev–Trinajstić information content (AvgIpc) is 3.00. The van der Waals surface area contributed by atoms with Crippen molar-refractivity contribution in [2.24, 2.45) is 5.41 Å². The summed E-state index contributed by atoms with van der Waals surface area (Å²) in [5.41, 5.74) is 3.15. The molecular weight excluding hydrogens is 564 g/mol. The fourth-order valence-corrected chi connectivity index (χ4v) is 4.60. The Morgan fingerprint density at radius 2 is 1.22 bits per heavy atom. The molecule has 0 saturated heterocycles. The van der Waals surface area contributed by atoms with E-state index in [0.29, 0.717) is 31.5 Å². The van der Waals surface area contributed by atoms with Crippen LogP contribution in [0.2, 0.25) is 0 Å². The Labute approximate surface area is 267 Å². The molecule has 0 aliphatic carbocycles. The number of amides is 4. The van der Waals surface area contributed by atoms with Gasteiger partial charge >= 0.3 is 0 Å². The maximum absolute atomic E-state index is 13.7. The summed E-state index contributed by atoms with van der Waals surface area (Å²) in [6, 6.07) is 24.3. The number of carbonyl (C=O) groups is 4. The first-order valence-corrected chi connectivity index (χ1v) is 15.6. The van der Waals surface area contributed by atoms with Gasteiger partial charge in [0, 0.05) is 18.7 Å². The van der Waals surface area contributed by atoms with Crippen LogP contribution in [0.5, 0.6) is 0 Å². The fourth-order valence-electron chi connectivity index (χ4n) is 4.60. The third-order valence-electron chi connectivity index (χ3n) is 7.35. The van der Waals surface area contributed by atoms with E-state index >= 15 is 0 Å². The molecule has 0 heterocycles. The van der Waals surface area contributed by atoms with Gasteiger partial charge in [0.1, 0.15) is 12.1 Å². The zero-order chi connectivity index (χ0) is 33.0. The number of nitrogens with one attached hydrogen (secondary N) is 4. The average molecular weight is 613 g/mol. The second-order valence-electron chi connectivity index (χ2n) is 13.7. The van der Waals surface area contributed by atoms with Crippen molar-refractivity contribution in [1.29, 1.82) is 0 Å². The summed E-state index contributed by atoms with van der Waals surface area (Å²) in [6.45, 7) is 12.9. The van der Waals surface area contributed by atoms with E-state index in [2.05, 4.69) is 42.0 Å². The summed E-state index contributed by atoms with van der Waals surface area (Å²) in [7, 11) is 0. The molecule has 45 heavy (non-hydrogen) atoms. The van der Waals surface area contributed by atoms with Crippen molar-refractivity contribution in [3.63, 3.8) is 0 Å². The molecule has 0 aromatic heterocycles. The number of carbonyl (C=O) groups excluding carboxylic acids is 4. The summed E-state index contributed by atoms with van der Waals surface area (Å²) in [5.74, 6) is -1.80. The van der Waals surface area contributed by atoms with Crippen LogP contribution in [0.4, 0.5) is 0 Å². The molecule has 0 spiro atoms. The lowest BCUT2D eigenvalue weighted by Gasteiger charge is -2.24. The third-order valence-corrected chi connectivity index (χ3v) is 7.35. The normalized spacial score (nSPS) is 12.8. The highest BCUT2D eigenvalue weighted by Crippen LogP contribution is 2.22. The van der Waals surface area contributed by atoms with Crippen LogP contribution in [0.25, 0.3) is 0 Å². The maximum Gasteiger partial charge on any atom is 0.251 e. The molecule has 0 fully saturated rings. The van der Waals surface area contributed by atoms with Crippen molar-refractivity contribution in [3.8, 4) is 0 Å². The van der Waals surface area contributed by atoms with Gasteiger partial charge in [0.15, 0.2) is 0 Å². The first-order valence-electron chi connectivity index (χ1n) is 15.6. The van der Waals surface area contributed by atoms with E-state index < -0.39 is 23.9 Å². The molecule has 0 radical (unpaired) electrons. The lowest BCUT2D eigenvalue weighted by Crippen LogP contribution is -2.55. The Kier molecular flexibility index (Phi) is 12.5. The Balaban J connectivity index is 1.79. The van der Waals surface area contributed by atoms with Crippen molar-refractivity contribution in [2.45, 2.75) is 84.8 Å². The third kappa shape index (κ3) is 12.2. The van der Waals surface area contributed by atoms with Gasteiger partial charge in [0.25, 0.3) is 5.91 Å². The van der Waals surface area contributed by atoms with Gasteiger partial charge in [-0.15, -0.1) is 0 Å². The summed E-state index contributed by atoms with van der Waals surface area (Å²) < 4.78 is 0. The van der Waals surface area contributed by atoms with E-state index in [1.807, 2.05) is 93.6 Å². The number of hydrogen-bond donors (Lipinski definition) is 4. The van der Waals surface area contributed by atoms with Crippen LogP contribution in [-0.4, -0.2) is 42.3 Å². The van der Waals surface area contributed by atoms with Crippen LogP contribution in [0.1, 0.15) is 81.4 Å². The van der Waals surface area contributed by atoms with Gasteiger partial charge in [-0.2, -0.15) is 0 Å². The monoisotopic (exact) mass is 612 g/mol. The summed E-state index contributed by atoms with van der Waals surface area (Å²) in [6.07, 6.45) is 0.611. The van der Waals surface area contributed by atoms with Crippen molar-refractivity contribution >= 4 is 23.6 Å². The van der Waals surface area contributed by atoms with E-state index in [4.69, 9.17) is 0 Å². The van der Waals surface area contributed by atoms with Gasteiger partial charge in [0.05, 0.1) is 6.42 Å². The van der Waals surface area contributed by atoms with Gasteiger partial charge in [-0.1, -0.05) is 114 Å². The molecule has 3 rings (SSSR count). The van der Waals surface area contributed by atoms with Crippen molar-refractivity contribution in [1.82, 2.24) is 21.3 Å². The fraction of sp³-hybridized carbons (Fsp3) is 0.405. The van der Waals surface area contributed by atoms with E-state index in [9.17, 15) is 19.2 Å². The van der Waals surface area contributed by atoms with Crippen LogP contribution < -0.4 is 21.3 Å². The van der Waals surface area contributed by atoms with Gasteiger partial charge < -0.3 is 21.3 Å². The smallest absolute Gasteiger partial charge is 0.251 e. The lowest BCUT2D eigenvalue weighted by atomic mass is 9.86. The highest BCUT2D eigenvalue weighted by Gasteiger charge is 2.29. The predicted octanol–water partition coefficient (Wildman–Crippen LogP) is 5.07. The Morgan fingerprint density at radius 1 is 0.644 bits per heavy atom. The second-order valence-corrected chi connectivity index (χ2v) is 13.7. The highest BCUT2D eigenvalue weighted by molar-refractivity contribution is 6.00. The number of benzene rings is 3. The van der Waals surface area contributed by atoms with Gasteiger partial charge in [-0.25, -0.2) is 0 Å². The van der Waals surface area contributed by atoms with Crippen molar-refractivity contribution < 1.29 is 19.2 Å². The standard InChI is InChI=1S/C37H48N4O4/c1-36(2,3)25-39-32(42)23-31(41-33(43)28-18-20-29(21-19-28)37(4,5)6)35(45)40-30(22-17-26-13-9-7-10-14-26)34(44)38-24-27-15-11-8-12-16-27/h7-16,18-21,30-31H,17,22-25H2,1-6H3,(H,38,44)(H,39,42)(H,40,45)(H,41,43)/t30-,31-/m0/s1. The van der Waals surface area contributed by atoms with Crippen LogP contribution in [0.15, 0.2) is 84.9 Å². The Bertz CT molecular complexity index is 1410. The quantitative estimate of drug-likeness (QED) is 0.216. The molecule has 240 valence electrons. The van der Waals surface area contributed by atoms with Gasteiger partial charge in [-0.05, 0) is 52.5 Å². The molecule has 4 amide bonds. The molecule has 0 saturated carbocycles. The molecule has 0 aliphatic rings. The summed E-state index contributed by atoms with van der Waals surface area (Å²) in [4.78, 5) is 53.4. The molecule has 3 aromatic carbocycles. The SMILES string of the molecule is CC(C)(C)CNC(=O)C[C@H](NC(=O)c1ccc(C(C)(C)C)cc1)C(=O)N[C@@H](CCc1ccccc1)C(=O)NCc1ccccc1. The first-order chi connectivity index (χ1) is 21.2. The number of hydrogen-bond acceptors (Lipinski definition) is 4. The van der Waals surface area contributed by atoms with Crippen LogP contribution in [0.3, 0.4) is 0 Å². The molecule has 8 heteroatoms. The Morgan fingerprint density at radius 3 is 1.78 bits per heavy atom.